The molecule has 9 nitrogen and oxygen atoms in total. The van der Waals surface area contributed by atoms with Crippen LogP contribution in [0.4, 0.5) is 5.82 Å². The highest BCUT2D eigenvalue weighted by Gasteiger charge is 2.17. The molecule has 1 aliphatic heterocycles. The molecule has 0 saturated carbocycles. The molecule has 0 spiro atoms. The number of amides is 1. The van der Waals surface area contributed by atoms with E-state index in [-0.39, 0.29) is 12.5 Å². The van der Waals surface area contributed by atoms with Crippen molar-refractivity contribution in [3.63, 3.8) is 0 Å². The average Bonchev–Trinajstić information content (AvgIpc) is 3.27. The van der Waals surface area contributed by atoms with Crippen molar-refractivity contribution in [2.75, 3.05) is 38.2 Å². The van der Waals surface area contributed by atoms with E-state index in [0.29, 0.717) is 36.4 Å². The summed E-state index contributed by atoms with van der Waals surface area (Å²) in [6.45, 7) is 8.80. The number of hydrogen-bond donors (Lipinski definition) is 1. The van der Waals surface area contributed by atoms with Gasteiger partial charge in [0.05, 0.1) is 25.5 Å². The molecule has 1 amide bonds. The highest BCUT2D eigenvalue weighted by Crippen LogP contribution is 2.22. The van der Waals surface area contributed by atoms with Crippen molar-refractivity contribution >= 4 is 11.7 Å². The second kappa shape index (κ2) is 8.14. The van der Waals surface area contributed by atoms with Gasteiger partial charge in [0, 0.05) is 24.8 Å². The summed E-state index contributed by atoms with van der Waals surface area (Å²) in [6, 6.07) is 7.35. The van der Waals surface area contributed by atoms with Gasteiger partial charge < -0.3 is 14.5 Å². The van der Waals surface area contributed by atoms with E-state index >= 15 is 0 Å². The first-order chi connectivity index (χ1) is 14.0. The van der Waals surface area contributed by atoms with E-state index in [4.69, 9.17) is 9.15 Å². The van der Waals surface area contributed by atoms with Gasteiger partial charge in [-0.15, -0.1) is 0 Å². The van der Waals surface area contributed by atoms with Crippen LogP contribution >= 0.6 is 0 Å². The summed E-state index contributed by atoms with van der Waals surface area (Å²) in [4.78, 5) is 23.7. The largest absolute Gasteiger partial charge is 0.458 e. The zero-order chi connectivity index (χ0) is 20.4. The van der Waals surface area contributed by atoms with Gasteiger partial charge >= 0.3 is 0 Å². The van der Waals surface area contributed by atoms with Gasteiger partial charge in [-0.2, -0.15) is 5.10 Å². The van der Waals surface area contributed by atoms with Gasteiger partial charge in [-0.05, 0) is 39.0 Å². The lowest BCUT2D eigenvalue weighted by molar-refractivity contribution is -0.118. The fourth-order valence-electron chi connectivity index (χ4n) is 3.28. The van der Waals surface area contributed by atoms with E-state index in [0.717, 1.165) is 30.2 Å². The number of morpholine rings is 1. The lowest BCUT2D eigenvalue weighted by Crippen LogP contribution is -2.41. The van der Waals surface area contributed by atoms with Crippen LogP contribution in [0.2, 0.25) is 0 Å². The molecule has 1 N–H and O–H groups in total. The molecule has 0 bridgehead atoms. The highest BCUT2D eigenvalue weighted by atomic mass is 16.5. The van der Waals surface area contributed by atoms with Crippen molar-refractivity contribution in [3.8, 4) is 17.4 Å². The zero-order valence-corrected chi connectivity index (χ0v) is 16.8. The van der Waals surface area contributed by atoms with Crippen LogP contribution in [-0.4, -0.2) is 63.4 Å². The number of furan rings is 1. The Bertz CT molecular complexity index is 1020. The number of carbonyl (C=O) groups excluding carboxylic acids is 1. The van der Waals surface area contributed by atoms with E-state index in [2.05, 4.69) is 25.3 Å². The Labute approximate surface area is 168 Å². The summed E-state index contributed by atoms with van der Waals surface area (Å²) >= 11 is 0. The molecule has 152 valence electrons. The maximum absolute atomic E-state index is 12.6. The summed E-state index contributed by atoms with van der Waals surface area (Å²) in [6.07, 6.45) is 0. The van der Waals surface area contributed by atoms with Crippen LogP contribution < -0.4 is 5.32 Å². The van der Waals surface area contributed by atoms with Crippen molar-refractivity contribution in [3.05, 3.63) is 41.4 Å². The molecule has 9 heteroatoms. The number of aryl methyl sites for hydroxylation is 3. The van der Waals surface area contributed by atoms with Crippen molar-refractivity contribution in [2.45, 2.75) is 20.8 Å². The standard InChI is InChI=1S/C20H24N6O3/c1-13-10-14(2)26(24-13)18-11-17(21-19(27)12-25-6-8-28-9-7-25)22-20(23-18)16-5-4-15(3)29-16/h4-5,10-11H,6-9,12H2,1-3H3,(H,21,22,23,27). The van der Waals surface area contributed by atoms with Crippen molar-refractivity contribution in [1.29, 1.82) is 0 Å². The predicted molar refractivity (Wildman–Crippen MR) is 107 cm³/mol. The molecule has 1 fully saturated rings. The molecule has 0 atom stereocenters. The number of nitrogens with one attached hydrogen (secondary N) is 1. The molecule has 3 aromatic rings. The molecular formula is C20H24N6O3. The second-order valence-corrected chi connectivity index (χ2v) is 7.12. The fourth-order valence-corrected chi connectivity index (χ4v) is 3.28. The Kier molecular flexibility index (Phi) is 5.41. The molecule has 0 unspecified atom stereocenters. The van der Waals surface area contributed by atoms with Crippen molar-refractivity contribution in [2.24, 2.45) is 0 Å². The van der Waals surface area contributed by atoms with Gasteiger partial charge in [0.25, 0.3) is 0 Å². The van der Waals surface area contributed by atoms with Crippen LogP contribution in [0, 0.1) is 20.8 Å². The van der Waals surface area contributed by atoms with E-state index in [1.807, 2.05) is 39.0 Å². The first-order valence-electron chi connectivity index (χ1n) is 9.57. The van der Waals surface area contributed by atoms with Crippen molar-refractivity contribution < 1.29 is 13.9 Å². The molecule has 4 rings (SSSR count). The Hall–Kier alpha value is -3.04. The lowest BCUT2D eigenvalue weighted by atomic mass is 10.3. The van der Waals surface area contributed by atoms with Gasteiger partial charge in [-0.25, -0.2) is 14.6 Å². The second-order valence-electron chi connectivity index (χ2n) is 7.12. The topological polar surface area (TPSA) is 98.3 Å². The lowest BCUT2D eigenvalue weighted by Gasteiger charge is -2.25. The molecular weight excluding hydrogens is 372 g/mol. The van der Waals surface area contributed by atoms with E-state index in [9.17, 15) is 4.79 Å². The van der Waals surface area contributed by atoms with Gasteiger partial charge in [-0.1, -0.05) is 0 Å². The maximum Gasteiger partial charge on any atom is 0.239 e. The zero-order valence-electron chi connectivity index (χ0n) is 16.8. The number of rotatable bonds is 5. The molecule has 0 aliphatic carbocycles. The molecule has 0 radical (unpaired) electrons. The third-order valence-electron chi connectivity index (χ3n) is 4.64. The minimum atomic E-state index is -0.133. The quantitative estimate of drug-likeness (QED) is 0.705. The van der Waals surface area contributed by atoms with E-state index < -0.39 is 0 Å². The van der Waals surface area contributed by atoms with Gasteiger partial charge in [0.1, 0.15) is 11.6 Å². The Morgan fingerprint density at radius 3 is 2.59 bits per heavy atom. The number of hydrogen-bond acceptors (Lipinski definition) is 7. The minimum Gasteiger partial charge on any atom is -0.458 e. The molecule has 1 aliphatic rings. The number of ether oxygens (including phenoxy) is 1. The Morgan fingerprint density at radius 2 is 1.93 bits per heavy atom. The number of nitrogens with zero attached hydrogens (tertiary/aromatic N) is 5. The molecule has 3 aromatic heterocycles. The van der Waals surface area contributed by atoms with Crippen LogP contribution in [-0.2, 0) is 9.53 Å². The normalized spacial score (nSPS) is 14.9. The first-order valence-corrected chi connectivity index (χ1v) is 9.57. The first kappa shape index (κ1) is 19.3. The third kappa shape index (κ3) is 4.52. The minimum absolute atomic E-state index is 0.133. The summed E-state index contributed by atoms with van der Waals surface area (Å²) in [7, 11) is 0. The van der Waals surface area contributed by atoms with Crippen LogP contribution in [0.3, 0.4) is 0 Å². The fraction of sp³-hybridized carbons (Fsp3) is 0.400. The third-order valence-corrected chi connectivity index (χ3v) is 4.64. The summed E-state index contributed by atoms with van der Waals surface area (Å²) in [5, 5.41) is 7.38. The monoisotopic (exact) mass is 396 g/mol. The van der Waals surface area contributed by atoms with Gasteiger partial charge in [0.15, 0.2) is 17.4 Å². The highest BCUT2D eigenvalue weighted by molar-refractivity contribution is 5.91. The number of aromatic nitrogens is 4. The Balaban J connectivity index is 1.64. The van der Waals surface area contributed by atoms with Gasteiger partial charge in [0.2, 0.25) is 5.91 Å². The number of carbonyl (C=O) groups is 1. The average molecular weight is 396 g/mol. The van der Waals surface area contributed by atoms with Crippen LogP contribution in [0.5, 0.6) is 0 Å². The molecule has 1 saturated heterocycles. The van der Waals surface area contributed by atoms with E-state index in [1.54, 1.807) is 10.7 Å². The summed E-state index contributed by atoms with van der Waals surface area (Å²) in [5.74, 6) is 2.53. The molecule has 29 heavy (non-hydrogen) atoms. The molecule has 4 heterocycles. The van der Waals surface area contributed by atoms with Crippen LogP contribution in [0.15, 0.2) is 28.7 Å². The number of anilines is 1. The SMILES string of the molecule is Cc1cc(C)n(-c2cc(NC(=O)CN3CCOCC3)nc(-c3ccc(C)o3)n2)n1. The summed E-state index contributed by atoms with van der Waals surface area (Å²) in [5.41, 5.74) is 1.82. The van der Waals surface area contributed by atoms with Crippen LogP contribution in [0.1, 0.15) is 17.1 Å². The van der Waals surface area contributed by atoms with E-state index in [1.165, 1.54) is 0 Å². The van der Waals surface area contributed by atoms with Crippen molar-refractivity contribution in [1.82, 2.24) is 24.6 Å². The predicted octanol–water partition coefficient (Wildman–Crippen LogP) is 2.12. The molecule has 0 aromatic carbocycles. The Morgan fingerprint density at radius 1 is 1.14 bits per heavy atom. The van der Waals surface area contributed by atoms with Gasteiger partial charge in [-0.3, -0.25) is 9.69 Å². The smallest absolute Gasteiger partial charge is 0.239 e. The van der Waals surface area contributed by atoms with Crippen LogP contribution in [0.25, 0.3) is 17.4 Å². The summed E-state index contributed by atoms with van der Waals surface area (Å²) < 4.78 is 12.7. The maximum atomic E-state index is 12.6.